The molecule has 0 aromatic rings. The van der Waals surface area contributed by atoms with Gasteiger partial charge in [0.25, 0.3) is 0 Å². The van der Waals surface area contributed by atoms with Gasteiger partial charge in [0.1, 0.15) is 0 Å². The maximum Gasteiger partial charge on any atom is 0.224 e. The molecule has 24 heavy (non-hydrogen) atoms. The zero-order valence-electron chi connectivity index (χ0n) is 15.1. The Kier molecular flexibility index (Phi) is 5.76. The van der Waals surface area contributed by atoms with Crippen LogP contribution in [0.3, 0.4) is 0 Å². The van der Waals surface area contributed by atoms with Crippen molar-refractivity contribution < 1.29 is 14.3 Å². The highest BCUT2D eigenvalue weighted by atomic mass is 16.5. The molecule has 0 saturated carbocycles. The van der Waals surface area contributed by atoms with Crippen LogP contribution in [0.1, 0.15) is 39.5 Å². The Morgan fingerprint density at radius 3 is 2.54 bits per heavy atom. The van der Waals surface area contributed by atoms with Crippen LogP contribution in [-0.4, -0.2) is 84.5 Å². The molecule has 0 N–H and O–H groups in total. The first-order chi connectivity index (χ1) is 11.6. The molecule has 6 nitrogen and oxygen atoms in total. The zero-order valence-corrected chi connectivity index (χ0v) is 15.1. The van der Waals surface area contributed by atoms with Crippen LogP contribution in [0.5, 0.6) is 0 Å². The van der Waals surface area contributed by atoms with Gasteiger partial charge in [0.05, 0.1) is 13.2 Å². The summed E-state index contributed by atoms with van der Waals surface area (Å²) in [7, 11) is 0. The molecule has 6 heteroatoms. The average molecular weight is 337 g/mol. The summed E-state index contributed by atoms with van der Waals surface area (Å²) in [5, 5.41) is 0. The molecule has 0 aliphatic carbocycles. The van der Waals surface area contributed by atoms with Crippen molar-refractivity contribution in [2.24, 2.45) is 5.92 Å². The largest absolute Gasteiger partial charge is 0.379 e. The van der Waals surface area contributed by atoms with Crippen molar-refractivity contribution in [1.82, 2.24) is 14.7 Å². The summed E-state index contributed by atoms with van der Waals surface area (Å²) in [5.41, 5.74) is 0. The SMILES string of the molecule is CC(=O)N1CCCC[C@@H]1CC(=O)N1C[C@@H](C)[C@H](N2CCOCC2)C1. The normalized spacial score (nSPS) is 32.2. The van der Waals surface area contributed by atoms with Gasteiger partial charge < -0.3 is 14.5 Å². The van der Waals surface area contributed by atoms with Crippen molar-refractivity contribution >= 4 is 11.8 Å². The van der Waals surface area contributed by atoms with Gasteiger partial charge in [-0.15, -0.1) is 0 Å². The van der Waals surface area contributed by atoms with E-state index in [0.717, 1.165) is 65.2 Å². The Labute approximate surface area is 145 Å². The van der Waals surface area contributed by atoms with Gasteiger partial charge in [0.2, 0.25) is 11.8 Å². The van der Waals surface area contributed by atoms with E-state index < -0.39 is 0 Å². The molecule has 0 bridgehead atoms. The molecule has 3 atom stereocenters. The monoisotopic (exact) mass is 337 g/mol. The summed E-state index contributed by atoms with van der Waals surface area (Å²) >= 11 is 0. The van der Waals surface area contributed by atoms with E-state index >= 15 is 0 Å². The summed E-state index contributed by atoms with van der Waals surface area (Å²) in [4.78, 5) is 31.0. The Morgan fingerprint density at radius 1 is 1.08 bits per heavy atom. The number of hydrogen-bond acceptors (Lipinski definition) is 4. The molecule has 3 heterocycles. The van der Waals surface area contributed by atoms with Crippen LogP contribution in [0.2, 0.25) is 0 Å². The number of piperidine rings is 1. The third-order valence-electron chi connectivity index (χ3n) is 5.88. The lowest BCUT2D eigenvalue weighted by atomic mass is 9.98. The maximum absolute atomic E-state index is 12.8. The molecule has 3 aliphatic heterocycles. The van der Waals surface area contributed by atoms with Crippen molar-refractivity contribution in [3.8, 4) is 0 Å². The predicted octanol–water partition coefficient (Wildman–Crippen LogP) is 0.957. The van der Waals surface area contributed by atoms with Gasteiger partial charge >= 0.3 is 0 Å². The van der Waals surface area contributed by atoms with Gasteiger partial charge in [-0.25, -0.2) is 0 Å². The first kappa shape index (κ1) is 17.7. The summed E-state index contributed by atoms with van der Waals surface area (Å²) in [6, 6.07) is 0.551. The number of morpholine rings is 1. The Morgan fingerprint density at radius 2 is 1.83 bits per heavy atom. The molecule has 3 aliphatic rings. The van der Waals surface area contributed by atoms with Crippen LogP contribution in [0.15, 0.2) is 0 Å². The van der Waals surface area contributed by atoms with Crippen molar-refractivity contribution in [2.75, 3.05) is 45.9 Å². The first-order valence-electron chi connectivity index (χ1n) is 9.43. The maximum atomic E-state index is 12.8. The predicted molar refractivity (Wildman–Crippen MR) is 91.6 cm³/mol. The number of nitrogens with zero attached hydrogens (tertiary/aromatic N) is 3. The van der Waals surface area contributed by atoms with E-state index in [-0.39, 0.29) is 17.9 Å². The minimum Gasteiger partial charge on any atom is -0.379 e. The summed E-state index contributed by atoms with van der Waals surface area (Å²) in [6.07, 6.45) is 3.63. The van der Waals surface area contributed by atoms with Crippen LogP contribution >= 0.6 is 0 Å². The second kappa shape index (κ2) is 7.83. The van der Waals surface area contributed by atoms with Gasteiger partial charge in [0, 0.05) is 58.2 Å². The molecule has 2 amide bonds. The first-order valence-corrected chi connectivity index (χ1v) is 9.43. The van der Waals surface area contributed by atoms with Crippen molar-refractivity contribution in [3.63, 3.8) is 0 Å². The van der Waals surface area contributed by atoms with Crippen molar-refractivity contribution in [3.05, 3.63) is 0 Å². The van der Waals surface area contributed by atoms with Gasteiger partial charge in [0.15, 0.2) is 0 Å². The highest BCUT2D eigenvalue weighted by Gasteiger charge is 2.37. The number of likely N-dealkylation sites (tertiary alicyclic amines) is 2. The molecule has 3 rings (SSSR count). The minimum atomic E-state index is 0.0986. The fourth-order valence-corrected chi connectivity index (χ4v) is 4.50. The summed E-state index contributed by atoms with van der Waals surface area (Å²) in [5.74, 6) is 0.826. The third kappa shape index (κ3) is 3.91. The minimum absolute atomic E-state index is 0.0986. The number of ether oxygens (including phenoxy) is 1. The molecule has 0 aromatic carbocycles. The van der Waals surface area contributed by atoms with E-state index in [1.807, 2.05) is 9.80 Å². The van der Waals surface area contributed by atoms with Crippen LogP contribution < -0.4 is 0 Å². The zero-order chi connectivity index (χ0) is 17.1. The second-order valence-corrected chi connectivity index (χ2v) is 7.56. The second-order valence-electron chi connectivity index (χ2n) is 7.56. The molecule has 136 valence electrons. The van der Waals surface area contributed by atoms with Gasteiger partial charge in [-0.2, -0.15) is 0 Å². The van der Waals surface area contributed by atoms with Crippen LogP contribution in [-0.2, 0) is 14.3 Å². The van der Waals surface area contributed by atoms with E-state index in [4.69, 9.17) is 4.74 Å². The Hall–Kier alpha value is -1.14. The smallest absolute Gasteiger partial charge is 0.224 e. The average Bonchev–Trinajstić information content (AvgIpc) is 2.98. The van der Waals surface area contributed by atoms with E-state index in [1.165, 1.54) is 0 Å². The lowest BCUT2D eigenvalue weighted by molar-refractivity contribution is -0.136. The quantitative estimate of drug-likeness (QED) is 0.770. The molecule has 0 spiro atoms. The van der Waals surface area contributed by atoms with E-state index in [0.29, 0.717) is 18.4 Å². The molecule has 0 unspecified atom stereocenters. The van der Waals surface area contributed by atoms with Gasteiger partial charge in [-0.3, -0.25) is 14.5 Å². The van der Waals surface area contributed by atoms with Crippen molar-refractivity contribution in [1.29, 1.82) is 0 Å². The van der Waals surface area contributed by atoms with Crippen LogP contribution in [0.25, 0.3) is 0 Å². The fourth-order valence-electron chi connectivity index (χ4n) is 4.50. The van der Waals surface area contributed by atoms with E-state index in [1.54, 1.807) is 6.92 Å². The summed E-state index contributed by atoms with van der Waals surface area (Å²) < 4.78 is 5.44. The third-order valence-corrected chi connectivity index (χ3v) is 5.88. The Bertz CT molecular complexity index is 464. The molecule has 0 radical (unpaired) electrons. The topological polar surface area (TPSA) is 53.1 Å². The lowest BCUT2D eigenvalue weighted by Crippen LogP contribution is -2.48. The number of carbonyl (C=O) groups is 2. The van der Waals surface area contributed by atoms with Gasteiger partial charge in [-0.05, 0) is 25.2 Å². The molecule has 0 aromatic heterocycles. The lowest BCUT2D eigenvalue weighted by Gasteiger charge is -2.36. The molecule has 3 saturated heterocycles. The highest BCUT2D eigenvalue weighted by molar-refractivity contribution is 5.79. The molecule has 3 fully saturated rings. The van der Waals surface area contributed by atoms with Crippen molar-refractivity contribution in [2.45, 2.75) is 51.6 Å². The number of rotatable bonds is 3. The summed E-state index contributed by atoms with van der Waals surface area (Å²) in [6.45, 7) is 9.88. The standard InChI is InChI=1S/C18H31N3O3/c1-14-12-20(13-17(14)19-7-9-24-10-8-19)18(23)11-16-5-3-4-6-21(16)15(2)22/h14,16-17H,3-13H2,1-2H3/t14-,16-,17-/m1/s1. The van der Waals surface area contributed by atoms with Crippen LogP contribution in [0, 0.1) is 5.92 Å². The highest BCUT2D eigenvalue weighted by Crippen LogP contribution is 2.26. The number of amides is 2. The fraction of sp³-hybridized carbons (Fsp3) is 0.889. The van der Waals surface area contributed by atoms with Crippen LogP contribution in [0.4, 0.5) is 0 Å². The van der Waals surface area contributed by atoms with Gasteiger partial charge in [-0.1, -0.05) is 6.92 Å². The molecular formula is C18H31N3O3. The van der Waals surface area contributed by atoms with E-state index in [9.17, 15) is 9.59 Å². The molecular weight excluding hydrogens is 306 g/mol. The Balaban J connectivity index is 1.56. The number of hydrogen-bond donors (Lipinski definition) is 0. The van der Waals surface area contributed by atoms with E-state index in [2.05, 4.69) is 11.8 Å². The number of carbonyl (C=O) groups excluding carboxylic acids is 2.